The van der Waals surface area contributed by atoms with Crippen molar-refractivity contribution in [3.63, 3.8) is 0 Å². The van der Waals surface area contributed by atoms with Crippen molar-refractivity contribution in [3.05, 3.63) is 182 Å². The Morgan fingerprint density at radius 2 is 0.476 bits per heavy atom. The molecule has 0 aromatic rings. The van der Waals surface area contributed by atoms with Crippen LogP contribution in [0.25, 0.3) is 0 Å². The van der Waals surface area contributed by atoms with E-state index in [1.165, 1.54) is 109 Å². The maximum absolute atomic E-state index is 12.4. The summed E-state index contributed by atoms with van der Waals surface area (Å²) in [6.07, 6.45) is 113. The molecule has 1 N–H and O–H groups in total. The average Bonchev–Trinajstić information content (AvgIpc) is 3.51. The first kappa shape index (κ1) is 79.0. The molecule has 0 heterocycles. The lowest BCUT2D eigenvalue weighted by Crippen LogP contribution is -2.28. The van der Waals surface area contributed by atoms with E-state index >= 15 is 0 Å². The Morgan fingerprint density at radius 3 is 0.714 bits per heavy atom. The summed E-state index contributed by atoms with van der Waals surface area (Å²) in [5.74, 6) is -0.624. The number of carbonyl (C=O) groups excluding carboxylic acids is 2. The lowest BCUT2D eigenvalue weighted by molar-refractivity contribution is -0.161. The highest BCUT2D eigenvalue weighted by atomic mass is 16.6. The molecule has 0 aromatic heterocycles. The van der Waals surface area contributed by atoms with E-state index < -0.39 is 6.10 Å². The summed E-state index contributed by atoms with van der Waals surface area (Å²) in [7, 11) is 0. The fraction of sp³-hybridized carbons (Fsp3) is 0.595. The number of rotatable bonds is 61. The largest absolute Gasteiger partial charge is 0.462 e. The zero-order chi connectivity index (χ0) is 60.5. The fourth-order valence-corrected chi connectivity index (χ4v) is 9.14. The number of aliphatic hydroxyl groups is 1. The van der Waals surface area contributed by atoms with Gasteiger partial charge < -0.3 is 14.6 Å². The molecule has 472 valence electrons. The van der Waals surface area contributed by atoms with Gasteiger partial charge in [0.2, 0.25) is 0 Å². The summed E-state index contributed by atoms with van der Waals surface area (Å²) in [6.45, 7) is 3.90. The van der Waals surface area contributed by atoms with E-state index in [2.05, 4.69) is 196 Å². The number of carbonyl (C=O) groups is 2. The molecule has 0 amide bonds. The highest BCUT2D eigenvalue weighted by molar-refractivity contribution is 5.70. The van der Waals surface area contributed by atoms with Gasteiger partial charge in [-0.3, -0.25) is 9.59 Å². The number of hydrogen-bond donors (Lipinski definition) is 1. The number of unbranched alkanes of at least 4 members (excludes halogenated alkanes) is 23. The first-order valence-corrected chi connectivity index (χ1v) is 34.3. The lowest BCUT2D eigenvalue weighted by Gasteiger charge is -2.15. The molecule has 0 radical (unpaired) electrons. The minimum Gasteiger partial charge on any atom is -0.462 e. The van der Waals surface area contributed by atoms with Gasteiger partial charge in [-0.1, -0.05) is 318 Å². The van der Waals surface area contributed by atoms with Crippen LogP contribution in [0.2, 0.25) is 0 Å². The van der Waals surface area contributed by atoms with Crippen molar-refractivity contribution in [3.8, 4) is 0 Å². The molecule has 0 aliphatic heterocycles. The van der Waals surface area contributed by atoms with Gasteiger partial charge >= 0.3 is 11.9 Å². The normalized spacial score (nSPS) is 13.4. The molecule has 0 aliphatic carbocycles. The van der Waals surface area contributed by atoms with Crippen LogP contribution in [0, 0.1) is 0 Å². The van der Waals surface area contributed by atoms with Crippen molar-refractivity contribution in [1.82, 2.24) is 0 Å². The van der Waals surface area contributed by atoms with Crippen LogP contribution in [0.15, 0.2) is 182 Å². The second-order valence-electron chi connectivity index (χ2n) is 22.1. The molecule has 0 aliphatic rings. The van der Waals surface area contributed by atoms with Gasteiger partial charge in [0, 0.05) is 12.8 Å². The summed E-state index contributed by atoms with van der Waals surface area (Å²) in [6, 6.07) is 0. The number of ether oxygens (including phenoxy) is 2. The zero-order valence-electron chi connectivity index (χ0n) is 54.1. The summed E-state index contributed by atoms with van der Waals surface area (Å²) >= 11 is 0. The molecular formula is C79H126O5. The molecular weight excluding hydrogens is 1030 g/mol. The molecule has 1 atom stereocenters. The summed E-state index contributed by atoms with van der Waals surface area (Å²) in [5, 5.41) is 9.70. The Kier molecular flexibility index (Phi) is 68.0. The number of allylic oxidation sites excluding steroid dienone is 30. The van der Waals surface area contributed by atoms with E-state index in [0.717, 1.165) is 148 Å². The van der Waals surface area contributed by atoms with Gasteiger partial charge in [-0.25, -0.2) is 0 Å². The summed E-state index contributed by atoms with van der Waals surface area (Å²) in [4.78, 5) is 24.6. The standard InChI is InChI=1S/C79H126O5/c1-3-5-7-9-11-13-15-17-19-21-23-25-27-29-31-33-35-37-39-41-43-45-47-49-51-53-55-57-59-61-63-65-67-69-71-73-78(81)83-76-77(75-80)84-79(82)74-72-70-68-66-64-62-60-58-56-54-52-50-48-46-44-42-40-38-36-34-32-30-28-26-24-22-20-18-16-14-12-10-8-6-4-2/h5-8,11-14,17-20,23-26,29-32,36,38,42,44,48,50,54,56,60,62,77,80H,3-4,9-10,15-16,21-22,27-28,33-35,37,39-41,43,45-47,49,51-53,55,57-59,61,63-76H2,1-2H3/b7-5-,8-6-,13-11-,14-12-,19-17-,20-18-,25-23-,26-24-,31-29-,32-30-,38-36-,44-42-,50-48-,56-54-,62-60-. The van der Waals surface area contributed by atoms with E-state index in [9.17, 15) is 14.7 Å². The van der Waals surface area contributed by atoms with Gasteiger partial charge in [-0.05, 0) is 135 Å². The first-order chi connectivity index (χ1) is 41.6. The Hall–Kier alpha value is -5.00. The first-order valence-electron chi connectivity index (χ1n) is 34.3. The predicted molar refractivity (Wildman–Crippen MR) is 370 cm³/mol. The zero-order valence-corrected chi connectivity index (χ0v) is 54.1. The molecule has 0 saturated heterocycles. The van der Waals surface area contributed by atoms with Crippen LogP contribution in [-0.4, -0.2) is 36.4 Å². The van der Waals surface area contributed by atoms with Crippen molar-refractivity contribution in [2.24, 2.45) is 0 Å². The minimum absolute atomic E-state index is 0.0853. The lowest BCUT2D eigenvalue weighted by atomic mass is 10.0. The quantitative estimate of drug-likeness (QED) is 0.0373. The van der Waals surface area contributed by atoms with Gasteiger partial charge in [-0.15, -0.1) is 0 Å². The topological polar surface area (TPSA) is 72.8 Å². The van der Waals surface area contributed by atoms with Crippen molar-refractivity contribution in [2.75, 3.05) is 13.2 Å². The Morgan fingerprint density at radius 1 is 0.274 bits per heavy atom. The smallest absolute Gasteiger partial charge is 0.306 e. The van der Waals surface area contributed by atoms with Crippen LogP contribution in [-0.2, 0) is 19.1 Å². The SMILES string of the molecule is CC/C=C\C/C=C\C/C=C\C/C=C\C/C=C\C/C=C\C/C=C\C/C=C\C/C=C\C/C=C\CCCCCCC(=O)OC(CO)COC(=O)CCCCCCCCCCCCCCCCCCCCC/C=C\C/C=C\C/C=C\C/C=C\C/C=C\CC. The molecule has 0 bridgehead atoms. The molecule has 84 heavy (non-hydrogen) atoms. The van der Waals surface area contributed by atoms with E-state index in [4.69, 9.17) is 9.47 Å². The molecule has 1 unspecified atom stereocenters. The molecule has 5 heteroatoms. The van der Waals surface area contributed by atoms with Crippen molar-refractivity contribution in [1.29, 1.82) is 0 Å². The third-order valence-corrected chi connectivity index (χ3v) is 14.2. The van der Waals surface area contributed by atoms with Crippen molar-refractivity contribution in [2.45, 2.75) is 290 Å². The average molecular weight is 1160 g/mol. The fourth-order valence-electron chi connectivity index (χ4n) is 9.14. The Balaban J connectivity index is 3.58. The van der Waals surface area contributed by atoms with E-state index in [-0.39, 0.29) is 25.2 Å². The summed E-state index contributed by atoms with van der Waals surface area (Å²) in [5.41, 5.74) is 0. The monoisotopic (exact) mass is 1150 g/mol. The van der Waals surface area contributed by atoms with Crippen molar-refractivity contribution < 1.29 is 24.2 Å². The molecule has 0 rings (SSSR count). The van der Waals surface area contributed by atoms with Crippen LogP contribution < -0.4 is 0 Å². The Bertz CT molecular complexity index is 1890. The third-order valence-electron chi connectivity index (χ3n) is 14.2. The maximum atomic E-state index is 12.4. The molecule has 0 fully saturated rings. The van der Waals surface area contributed by atoms with E-state index in [1.807, 2.05) is 0 Å². The van der Waals surface area contributed by atoms with Crippen LogP contribution in [0.4, 0.5) is 0 Å². The molecule has 0 spiro atoms. The number of hydrogen-bond acceptors (Lipinski definition) is 5. The van der Waals surface area contributed by atoms with Crippen molar-refractivity contribution >= 4 is 11.9 Å². The van der Waals surface area contributed by atoms with Crippen LogP contribution >= 0.6 is 0 Å². The Labute approximate surface area is 518 Å². The highest BCUT2D eigenvalue weighted by Crippen LogP contribution is 2.16. The predicted octanol–water partition coefficient (Wildman–Crippen LogP) is 24.2. The van der Waals surface area contributed by atoms with Crippen LogP contribution in [0.1, 0.15) is 284 Å². The minimum atomic E-state index is -0.800. The van der Waals surface area contributed by atoms with Gasteiger partial charge in [0.1, 0.15) is 6.61 Å². The van der Waals surface area contributed by atoms with Crippen LogP contribution in [0.3, 0.4) is 0 Å². The van der Waals surface area contributed by atoms with Gasteiger partial charge in [0.15, 0.2) is 6.10 Å². The third kappa shape index (κ3) is 69.5. The molecule has 0 saturated carbocycles. The second-order valence-corrected chi connectivity index (χ2v) is 22.1. The van der Waals surface area contributed by atoms with Gasteiger partial charge in [0.05, 0.1) is 6.61 Å². The maximum Gasteiger partial charge on any atom is 0.306 e. The van der Waals surface area contributed by atoms with Gasteiger partial charge in [-0.2, -0.15) is 0 Å². The van der Waals surface area contributed by atoms with Gasteiger partial charge in [0.25, 0.3) is 0 Å². The number of esters is 2. The summed E-state index contributed by atoms with van der Waals surface area (Å²) < 4.78 is 10.7. The second kappa shape index (κ2) is 72.3. The van der Waals surface area contributed by atoms with E-state index in [0.29, 0.717) is 12.8 Å². The number of aliphatic hydroxyl groups excluding tert-OH is 1. The molecule has 5 nitrogen and oxygen atoms in total. The van der Waals surface area contributed by atoms with E-state index in [1.54, 1.807) is 0 Å². The molecule has 0 aromatic carbocycles. The highest BCUT2D eigenvalue weighted by Gasteiger charge is 2.16. The van der Waals surface area contributed by atoms with Crippen LogP contribution in [0.5, 0.6) is 0 Å².